The van der Waals surface area contributed by atoms with E-state index in [1.165, 1.54) is 26.0 Å². The average Bonchev–Trinajstić information content (AvgIpc) is 2.72. The minimum absolute atomic E-state index is 0.0167. The van der Waals surface area contributed by atoms with Crippen LogP contribution in [0.3, 0.4) is 0 Å². The Morgan fingerprint density at radius 2 is 1.74 bits per heavy atom. The van der Waals surface area contributed by atoms with Gasteiger partial charge in [0.25, 0.3) is 5.69 Å². The second-order valence-corrected chi connectivity index (χ2v) is 8.77. The minimum Gasteiger partial charge on any atom is -0.305 e. The van der Waals surface area contributed by atoms with Gasteiger partial charge in [0.2, 0.25) is 0 Å². The molecule has 0 unspecified atom stereocenters. The first kappa shape index (κ1) is 23.2. The summed E-state index contributed by atoms with van der Waals surface area (Å²) in [5.41, 5.74) is -0.866. The van der Waals surface area contributed by atoms with E-state index in [4.69, 9.17) is 20.6 Å². The molecule has 2 aromatic carbocycles. The molecule has 7 nitrogen and oxygen atoms in total. The smallest absolute Gasteiger partial charge is 0.305 e. The van der Waals surface area contributed by atoms with Crippen molar-refractivity contribution in [2.45, 2.75) is 19.2 Å². The number of nitro benzene ring substituents is 1. The molecule has 0 N–H and O–H groups in total. The molecule has 0 radical (unpaired) electrons. The van der Waals surface area contributed by atoms with Gasteiger partial charge in [-0.05, 0) is 37.1 Å². The number of rotatable bonds is 8. The number of hydrogen-bond acceptors (Lipinski definition) is 6. The molecule has 164 valence electrons. The molecule has 0 bridgehead atoms. The number of pyridine rings is 1. The van der Waals surface area contributed by atoms with Gasteiger partial charge in [0.05, 0.1) is 23.7 Å². The normalized spacial score (nSPS) is 12.3. The van der Waals surface area contributed by atoms with Crippen LogP contribution in [0, 0.1) is 10.1 Å². The fourth-order valence-corrected chi connectivity index (χ4v) is 5.41. The van der Waals surface area contributed by atoms with Crippen molar-refractivity contribution in [1.82, 2.24) is 4.98 Å². The quantitative estimate of drug-likeness (QED) is 0.174. The fourth-order valence-electron chi connectivity index (χ4n) is 3.22. The summed E-state index contributed by atoms with van der Waals surface area (Å²) < 4.78 is 53.5. The van der Waals surface area contributed by atoms with Gasteiger partial charge in [-0.15, -0.1) is 0 Å². The molecule has 0 saturated carbocycles. The summed E-state index contributed by atoms with van der Waals surface area (Å²) >= 11 is 5.38. The maximum Gasteiger partial charge on any atom is 0.365 e. The predicted octanol–water partition coefficient (Wildman–Crippen LogP) is 5.99. The molecule has 0 amide bonds. The van der Waals surface area contributed by atoms with Crippen LogP contribution >= 0.6 is 19.2 Å². The van der Waals surface area contributed by atoms with Gasteiger partial charge in [0, 0.05) is 23.1 Å². The molecule has 0 atom stereocenters. The van der Waals surface area contributed by atoms with Crippen LogP contribution in [-0.4, -0.2) is 23.1 Å². The fraction of sp³-hybridized carbons (Fsp3) is 0.250. The monoisotopic (exact) mass is 470 g/mol. The van der Waals surface area contributed by atoms with E-state index in [0.29, 0.717) is 5.56 Å². The third-order valence-corrected chi connectivity index (χ3v) is 6.71. The number of alkyl halides is 3. The highest BCUT2D eigenvalue weighted by Gasteiger charge is 2.44. The number of hydrogen-bond donors (Lipinski definition) is 0. The van der Waals surface area contributed by atoms with E-state index in [9.17, 15) is 23.5 Å². The lowest BCUT2D eigenvalue weighted by atomic mass is 9.99. The van der Waals surface area contributed by atoms with Crippen molar-refractivity contribution >= 4 is 41.1 Å². The Balaban J connectivity index is 2.59. The number of nitro groups is 1. The molecule has 0 aliphatic rings. The molecule has 31 heavy (non-hydrogen) atoms. The summed E-state index contributed by atoms with van der Waals surface area (Å²) in [5.74, 6) is 0. The number of nitrogens with zero attached hydrogens (tertiary/aromatic N) is 2. The second-order valence-electron chi connectivity index (χ2n) is 6.34. The average molecular weight is 471 g/mol. The molecule has 3 rings (SSSR count). The first-order valence-corrected chi connectivity index (χ1v) is 11.2. The van der Waals surface area contributed by atoms with Gasteiger partial charge >= 0.3 is 13.0 Å². The maximum atomic E-state index is 14.5. The van der Waals surface area contributed by atoms with Crippen LogP contribution in [0.15, 0.2) is 48.5 Å². The zero-order valence-corrected chi connectivity index (χ0v) is 18.2. The molecule has 1 aromatic heterocycles. The van der Waals surface area contributed by atoms with Gasteiger partial charge < -0.3 is 9.05 Å². The van der Waals surface area contributed by atoms with Gasteiger partial charge in [0.1, 0.15) is 11.0 Å². The topological polar surface area (TPSA) is 91.6 Å². The van der Waals surface area contributed by atoms with Crippen LogP contribution in [0.1, 0.15) is 19.5 Å². The van der Waals surface area contributed by atoms with Crippen LogP contribution in [0.2, 0.25) is 0 Å². The number of benzene rings is 2. The third-order valence-electron chi connectivity index (χ3n) is 4.36. The van der Waals surface area contributed by atoms with E-state index in [0.717, 1.165) is 6.07 Å². The van der Waals surface area contributed by atoms with Crippen LogP contribution in [0.4, 0.5) is 14.5 Å². The maximum absolute atomic E-state index is 14.5. The molecule has 0 saturated heterocycles. The molecule has 11 heteroatoms. The van der Waals surface area contributed by atoms with Gasteiger partial charge in [-0.1, -0.05) is 30.3 Å². The molecule has 1 heterocycles. The van der Waals surface area contributed by atoms with Gasteiger partial charge in [-0.3, -0.25) is 14.7 Å². The zero-order chi connectivity index (χ0) is 22.8. The molecule has 0 spiro atoms. The third kappa shape index (κ3) is 4.60. The SMILES string of the molecule is CCOP(=O)(OCC)c1c(C(F)(F)Cl)nc2ccc([N+](=O)[O-])cc2c1-c1ccccc1. The predicted molar refractivity (Wildman–Crippen MR) is 114 cm³/mol. The van der Waals surface area contributed by atoms with Crippen molar-refractivity contribution in [3.63, 3.8) is 0 Å². The number of halogens is 3. The van der Waals surface area contributed by atoms with E-state index >= 15 is 0 Å². The van der Waals surface area contributed by atoms with E-state index in [1.807, 2.05) is 0 Å². The molecule has 0 aliphatic heterocycles. The lowest BCUT2D eigenvalue weighted by Gasteiger charge is -2.25. The minimum atomic E-state index is -4.35. The molecular weight excluding hydrogens is 453 g/mol. The van der Waals surface area contributed by atoms with E-state index in [-0.39, 0.29) is 35.4 Å². The first-order valence-electron chi connectivity index (χ1n) is 9.26. The highest BCUT2D eigenvalue weighted by atomic mass is 35.5. The number of aromatic nitrogens is 1. The molecule has 0 aliphatic carbocycles. The van der Waals surface area contributed by atoms with E-state index in [2.05, 4.69) is 4.98 Å². The van der Waals surface area contributed by atoms with Gasteiger partial charge in [0.15, 0.2) is 0 Å². The van der Waals surface area contributed by atoms with Crippen LogP contribution in [0.5, 0.6) is 0 Å². The van der Waals surface area contributed by atoms with Crippen LogP contribution in [0.25, 0.3) is 22.0 Å². The van der Waals surface area contributed by atoms with Crippen molar-refractivity contribution < 1.29 is 27.3 Å². The zero-order valence-electron chi connectivity index (χ0n) is 16.5. The van der Waals surface area contributed by atoms with Crippen molar-refractivity contribution in [2.24, 2.45) is 0 Å². The summed E-state index contributed by atoms with van der Waals surface area (Å²) in [6, 6.07) is 11.8. The summed E-state index contributed by atoms with van der Waals surface area (Å²) in [5, 5.41) is 6.95. The van der Waals surface area contributed by atoms with E-state index in [1.54, 1.807) is 30.3 Å². The first-order chi connectivity index (χ1) is 14.6. The summed E-state index contributed by atoms with van der Waals surface area (Å²) in [6.45, 7) is 2.86. The van der Waals surface area contributed by atoms with Crippen molar-refractivity contribution in [1.29, 1.82) is 0 Å². The van der Waals surface area contributed by atoms with Crippen LogP contribution < -0.4 is 5.30 Å². The van der Waals surface area contributed by atoms with Crippen molar-refractivity contribution in [2.75, 3.05) is 13.2 Å². The summed E-state index contributed by atoms with van der Waals surface area (Å²) in [6.07, 6.45) is 0. The molecule has 3 aromatic rings. The Labute approximate surface area is 181 Å². The molecule has 0 fully saturated rings. The summed E-state index contributed by atoms with van der Waals surface area (Å²) in [4.78, 5) is 14.6. The van der Waals surface area contributed by atoms with Gasteiger partial charge in [-0.25, -0.2) is 4.98 Å². The van der Waals surface area contributed by atoms with Crippen LogP contribution in [-0.2, 0) is 19.0 Å². The number of fused-ring (bicyclic) bond motifs is 1. The largest absolute Gasteiger partial charge is 0.365 e. The summed E-state index contributed by atoms with van der Waals surface area (Å²) in [7, 11) is -4.35. The van der Waals surface area contributed by atoms with E-state index < -0.39 is 28.9 Å². The highest BCUT2D eigenvalue weighted by Crippen LogP contribution is 2.53. The standard InChI is InChI=1S/C20H18ClF2N2O5P/c1-3-29-31(28,30-4-2)18-17(13-8-6-5-7-9-13)15-12-14(25(26)27)10-11-16(15)24-19(18)20(21,22)23/h5-12H,3-4H2,1-2H3. The van der Waals surface area contributed by atoms with Crippen molar-refractivity contribution in [3.8, 4) is 11.1 Å². The highest BCUT2D eigenvalue weighted by molar-refractivity contribution is 7.62. The lowest BCUT2D eigenvalue weighted by molar-refractivity contribution is -0.384. The lowest BCUT2D eigenvalue weighted by Crippen LogP contribution is -2.26. The molecular formula is C20H18ClF2N2O5P. The Morgan fingerprint density at radius 1 is 1.13 bits per heavy atom. The van der Waals surface area contributed by atoms with Gasteiger partial charge in [-0.2, -0.15) is 8.78 Å². The Kier molecular flexibility index (Phi) is 6.71. The number of non-ortho nitro benzene ring substituents is 1. The second kappa shape index (κ2) is 8.96. The van der Waals surface area contributed by atoms with Crippen molar-refractivity contribution in [3.05, 3.63) is 64.3 Å². The Hall–Kier alpha value is -2.45. The Morgan fingerprint density at radius 3 is 2.26 bits per heavy atom. The Bertz CT molecular complexity index is 1160.